The highest BCUT2D eigenvalue weighted by molar-refractivity contribution is 5.96. The van der Waals surface area contributed by atoms with Gasteiger partial charge in [-0.3, -0.25) is 9.59 Å². The Morgan fingerprint density at radius 1 is 1.14 bits per heavy atom. The predicted molar refractivity (Wildman–Crippen MR) is 82.0 cm³/mol. The molecule has 0 fully saturated rings. The summed E-state index contributed by atoms with van der Waals surface area (Å²) in [6, 6.07) is 6.84. The maximum Gasteiger partial charge on any atom is 0.325 e. The van der Waals surface area contributed by atoms with E-state index in [0.717, 1.165) is 0 Å². The van der Waals surface area contributed by atoms with E-state index < -0.39 is 5.97 Å². The minimum absolute atomic E-state index is 0.0813. The number of rotatable bonds is 9. The van der Waals surface area contributed by atoms with Gasteiger partial charge in [0.05, 0.1) is 13.2 Å². The average Bonchev–Trinajstić information content (AvgIpc) is 2.51. The van der Waals surface area contributed by atoms with Crippen LogP contribution in [0.1, 0.15) is 24.2 Å². The van der Waals surface area contributed by atoms with Gasteiger partial charge in [0.2, 0.25) is 0 Å². The number of nitrogens with zero attached hydrogens (tertiary/aromatic N) is 1. The molecule has 122 valence electrons. The van der Waals surface area contributed by atoms with Crippen LogP contribution in [0, 0.1) is 0 Å². The van der Waals surface area contributed by atoms with Gasteiger partial charge in [0.1, 0.15) is 18.9 Å². The quantitative estimate of drug-likeness (QED) is 0.513. The zero-order valence-electron chi connectivity index (χ0n) is 13.3. The van der Waals surface area contributed by atoms with E-state index in [-0.39, 0.29) is 12.5 Å². The number of carbonyl (C=O) groups excluding carboxylic acids is 2. The number of hydrogen-bond acceptors (Lipinski definition) is 5. The van der Waals surface area contributed by atoms with Crippen LogP contribution in [0.5, 0.6) is 5.75 Å². The predicted octanol–water partition coefficient (Wildman–Crippen LogP) is 1.74. The normalized spacial score (nSPS) is 10.1. The smallest absolute Gasteiger partial charge is 0.325 e. The molecule has 0 atom stereocenters. The van der Waals surface area contributed by atoms with Gasteiger partial charge in [-0.05, 0) is 32.0 Å². The van der Waals surface area contributed by atoms with E-state index >= 15 is 0 Å². The van der Waals surface area contributed by atoms with Crippen molar-refractivity contribution in [2.75, 3.05) is 40.0 Å². The Bertz CT molecular complexity index is 489. The van der Waals surface area contributed by atoms with Crippen LogP contribution < -0.4 is 4.74 Å². The van der Waals surface area contributed by atoms with Crippen molar-refractivity contribution in [3.05, 3.63) is 29.8 Å². The van der Waals surface area contributed by atoms with E-state index in [4.69, 9.17) is 14.2 Å². The highest BCUT2D eigenvalue weighted by Crippen LogP contribution is 2.14. The molecule has 0 unspecified atom stereocenters. The Morgan fingerprint density at radius 2 is 1.91 bits per heavy atom. The highest BCUT2D eigenvalue weighted by Gasteiger charge is 2.16. The molecule has 0 aliphatic rings. The molecule has 6 nitrogen and oxygen atoms in total. The summed E-state index contributed by atoms with van der Waals surface area (Å²) in [4.78, 5) is 25.0. The fraction of sp³-hybridized carbons (Fsp3) is 0.500. The largest absolute Gasteiger partial charge is 0.491 e. The molecule has 0 saturated heterocycles. The van der Waals surface area contributed by atoms with Crippen molar-refractivity contribution in [1.82, 2.24) is 4.90 Å². The van der Waals surface area contributed by atoms with Gasteiger partial charge in [-0.15, -0.1) is 0 Å². The molecule has 6 heteroatoms. The molecule has 0 aliphatic heterocycles. The molecule has 1 aromatic carbocycles. The first-order valence-electron chi connectivity index (χ1n) is 7.30. The topological polar surface area (TPSA) is 65.1 Å². The number of benzene rings is 1. The van der Waals surface area contributed by atoms with Gasteiger partial charge in [-0.2, -0.15) is 0 Å². The van der Waals surface area contributed by atoms with Crippen molar-refractivity contribution >= 4 is 11.9 Å². The second-order valence-corrected chi connectivity index (χ2v) is 4.54. The molecular weight excluding hydrogens is 286 g/mol. The van der Waals surface area contributed by atoms with Crippen LogP contribution in [-0.4, -0.2) is 56.8 Å². The number of likely N-dealkylation sites (N-methyl/N-ethyl adjacent to an activating group) is 1. The zero-order valence-corrected chi connectivity index (χ0v) is 13.3. The third-order valence-corrected chi connectivity index (χ3v) is 2.80. The molecule has 1 rings (SSSR count). The number of amides is 1. The summed E-state index contributed by atoms with van der Waals surface area (Å²) in [6.07, 6.45) is 0. The van der Waals surface area contributed by atoms with Crippen molar-refractivity contribution < 1.29 is 23.8 Å². The highest BCUT2D eigenvalue weighted by atomic mass is 16.5. The number of esters is 1. The lowest BCUT2D eigenvalue weighted by atomic mass is 10.2. The standard InChI is InChI=1S/C16H23NO5/c1-4-20-9-10-22-14-8-6-7-13(11-14)16(19)17(3)12-15(18)21-5-2/h6-8,11H,4-5,9-10,12H2,1-3H3. The van der Waals surface area contributed by atoms with Gasteiger partial charge < -0.3 is 19.1 Å². The molecule has 0 radical (unpaired) electrons. The van der Waals surface area contributed by atoms with Crippen LogP contribution in [0.4, 0.5) is 0 Å². The third kappa shape index (κ3) is 6.13. The molecule has 0 aromatic heterocycles. The summed E-state index contributed by atoms with van der Waals surface area (Å²) in [5, 5.41) is 0. The summed E-state index contributed by atoms with van der Waals surface area (Å²) < 4.78 is 15.5. The minimum Gasteiger partial charge on any atom is -0.491 e. The van der Waals surface area contributed by atoms with Crippen LogP contribution in [0.3, 0.4) is 0 Å². The van der Waals surface area contributed by atoms with E-state index in [0.29, 0.717) is 37.7 Å². The van der Waals surface area contributed by atoms with Gasteiger partial charge >= 0.3 is 5.97 Å². The van der Waals surface area contributed by atoms with E-state index in [1.807, 2.05) is 6.92 Å². The first-order chi connectivity index (χ1) is 10.6. The SMILES string of the molecule is CCOCCOc1cccc(C(=O)N(C)CC(=O)OCC)c1. The van der Waals surface area contributed by atoms with Crippen molar-refractivity contribution in [3.63, 3.8) is 0 Å². The fourth-order valence-electron chi connectivity index (χ4n) is 1.77. The van der Waals surface area contributed by atoms with Gasteiger partial charge in [0.25, 0.3) is 5.91 Å². The molecular formula is C16H23NO5. The first-order valence-corrected chi connectivity index (χ1v) is 7.30. The maximum atomic E-state index is 12.3. The van der Waals surface area contributed by atoms with Crippen LogP contribution in [0.25, 0.3) is 0 Å². The van der Waals surface area contributed by atoms with Gasteiger partial charge in [-0.1, -0.05) is 6.07 Å². The van der Waals surface area contributed by atoms with E-state index in [1.165, 1.54) is 4.90 Å². The summed E-state index contributed by atoms with van der Waals surface area (Å²) in [7, 11) is 1.56. The van der Waals surface area contributed by atoms with E-state index in [2.05, 4.69) is 0 Å². The Kier molecular flexibility index (Phi) is 7.99. The Balaban J connectivity index is 2.59. The maximum absolute atomic E-state index is 12.3. The van der Waals surface area contributed by atoms with Crippen molar-refractivity contribution in [3.8, 4) is 5.75 Å². The number of hydrogen-bond donors (Lipinski definition) is 0. The fourth-order valence-corrected chi connectivity index (χ4v) is 1.77. The second-order valence-electron chi connectivity index (χ2n) is 4.54. The lowest BCUT2D eigenvalue weighted by Crippen LogP contribution is -2.33. The zero-order chi connectivity index (χ0) is 16.4. The van der Waals surface area contributed by atoms with E-state index in [9.17, 15) is 9.59 Å². The van der Waals surface area contributed by atoms with Crippen LogP contribution >= 0.6 is 0 Å². The van der Waals surface area contributed by atoms with Gasteiger partial charge in [-0.25, -0.2) is 0 Å². The van der Waals surface area contributed by atoms with Crippen molar-refractivity contribution in [1.29, 1.82) is 0 Å². The molecule has 0 aliphatic carbocycles. The summed E-state index contributed by atoms with van der Waals surface area (Å²) in [5.41, 5.74) is 0.459. The number of carbonyl (C=O) groups is 2. The third-order valence-electron chi connectivity index (χ3n) is 2.80. The van der Waals surface area contributed by atoms with E-state index in [1.54, 1.807) is 38.2 Å². The Hall–Kier alpha value is -2.08. The van der Waals surface area contributed by atoms with Crippen LogP contribution in [0.2, 0.25) is 0 Å². The number of ether oxygens (including phenoxy) is 3. The first kappa shape index (κ1) is 18.0. The van der Waals surface area contributed by atoms with Gasteiger partial charge in [0, 0.05) is 19.2 Å². The second kappa shape index (κ2) is 9.78. The molecule has 0 spiro atoms. The molecule has 0 heterocycles. The lowest BCUT2D eigenvalue weighted by molar-refractivity contribution is -0.143. The Labute approximate surface area is 131 Å². The van der Waals surface area contributed by atoms with Crippen molar-refractivity contribution in [2.45, 2.75) is 13.8 Å². The van der Waals surface area contributed by atoms with Crippen LogP contribution in [-0.2, 0) is 14.3 Å². The van der Waals surface area contributed by atoms with Crippen LogP contribution in [0.15, 0.2) is 24.3 Å². The molecule has 0 saturated carbocycles. The molecule has 1 amide bonds. The molecule has 0 N–H and O–H groups in total. The lowest BCUT2D eigenvalue weighted by Gasteiger charge is -2.16. The molecule has 1 aromatic rings. The average molecular weight is 309 g/mol. The summed E-state index contributed by atoms with van der Waals surface area (Å²) in [5.74, 6) is -0.0964. The molecule has 0 bridgehead atoms. The molecule has 22 heavy (non-hydrogen) atoms. The summed E-state index contributed by atoms with van der Waals surface area (Å²) in [6.45, 7) is 5.41. The van der Waals surface area contributed by atoms with Gasteiger partial charge in [0.15, 0.2) is 0 Å². The monoisotopic (exact) mass is 309 g/mol. The van der Waals surface area contributed by atoms with Crippen molar-refractivity contribution in [2.24, 2.45) is 0 Å². The Morgan fingerprint density at radius 3 is 2.59 bits per heavy atom. The minimum atomic E-state index is -0.428. The summed E-state index contributed by atoms with van der Waals surface area (Å²) >= 11 is 0.